The summed E-state index contributed by atoms with van der Waals surface area (Å²) in [6.45, 7) is 5.32. The Labute approximate surface area is 208 Å². The summed E-state index contributed by atoms with van der Waals surface area (Å²) in [7, 11) is 0. The van der Waals surface area contributed by atoms with Crippen molar-refractivity contribution in [3.05, 3.63) is 53.8 Å². The summed E-state index contributed by atoms with van der Waals surface area (Å²) >= 11 is 0. The molecule has 2 fully saturated rings. The van der Waals surface area contributed by atoms with Crippen molar-refractivity contribution in [3.8, 4) is 0 Å². The zero-order valence-electron chi connectivity index (χ0n) is 21.0. The summed E-state index contributed by atoms with van der Waals surface area (Å²) in [4.78, 5) is 20.6. The maximum Gasteiger partial charge on any atom is 0.222 e. The smallest absolute Gasteiger partial charge is 0.222 e. The highest BCUT2D eigenvalue weighted by Gasteiger charge is 2.27. The molecule has 6 nitrogen and oxygen atoms in total. The summed E-state index contributed by atoms with van der Waals surface area (Å²) in [5, 5.41) is 3.46. The van der Waals surface area contributed by atoms with E-state index in [0.717, 1.165) is 57.3 Å². The van der Waals surface area contributed by atoms with E-state index in [4.69, 9.17) is 4.99 Å². The molecule has 0 spiro atoms. The van der Waals surface area contributed by atoms with Crippen molar-refractivity contribution in [2.75, 3.05) is 18.4 Å². The van der Waals surface area contributed by atoms with Gasteiger partial charge in [-0.1, -0.05) is 0 Å². The van der Waals surface area contributed by atoms with E-state index >= 15 is 0 Å². The Bertz CT molecular complexity index is 1050. The maximum absolute atomic E-state index is 14.1. The molecule has 1 saturated heterocycles. The van der Waals surface area contributed by atoms with Crippen LogP contribution in [-0.4, -0.2) is 45.4 Å². The Hall–Kier alpha value is -2.83. The summed E-state index contributed by atoms with van der Waals surface area (Å²) in [5.41, 5.74) is 4.06. The van der Waals surface area contributed by atoms with Gasteiger partial charge in [-0.25, -0.2) is 14.4 Å². The Morgan fingerprint density at radius 2 is 1.69 bits per heavy atom. The van der Waals surface area contributed by atoms with E-state index in [9.17, 15) is 4.39 Å². The van der Waals surface area contributed by atoms with Crippen LogP contribution in [0, 0.1) is 5.92 Å². The zero-order chi connectivity index (χ0) is 24.3. The monoisotopic (exact) mass is 476 g/mol. The van der Waals surface area contributed by atoms with E-state index in [1.165, 1.54) is 50.1 Å². The molecule has 2 bridgehead atoms. The molecule has 3 heterocycles. The largest absolute Gasteiger partial charge is 0.371 e. The molecule has 1 N–H and O–H groups in total. The van der Waals surface area contributed by atoms with E-state index in [2.05, 4.69) is 37.3 Å². The fourth-order valence-corrected chi connectivity index (χ4v) is 5.50. The molecule has 1 saturated carbocycles. The second-order valence-corrected chi connectivity index (χ2v) is 10.8. The molecule has 0 radical (unpaired) electrons. The molecule has 7 heteroatoms. The molecule has 0 unspecified atom stereocenters. The normalized spacial score (nSPS) is 25.1. The van der Waals surface area contributed by atoms with E-state index in [0.29, 0.717) is 23.5 Å². The molecule has 0 aromatic carbocycles. The number of nitrogens with zero attached hydrogens (tertiary/aromatic N) is 5. The highest BCUT2D eigenvalue weighted by molar-refractivity contribution is 6.17. The van der Waals surface area contributed by atoms with Gasteiger partial charge in [0.15, 0.2) is 0 Å². The minimum Gasteiger partial charge on any atom is -0.371 e. The summed E-state index contributed by atoms with van der Waals surface area (Å²) < 4.78 is 14.1. The first-order valence-corrected chi connectivity index (χ1v) is 13.2. The lowest BCUT2D eigenvalue weighted by Crippen LogP contribution is -2.29. The number of hydrogen-bond donors (Lipinski definition) is 1. The third-order valence-corrected chi connectivity index (χ3v) is 7.64. The molecule has 186 valence electrons. The SMILES string of the molecule is CC(C)(F)c1cnc(N[C@H]2CC[C@@H](CC3=CC(N4CCCCC4)=CC4=NC=CN=C3C4)CC2)nc1. The summed E-state index contributed by atoms with van der Waals surface area (Å²) in [5.74, 6) is 1.24. The molecule has 0 amide bonds. The van der Waals surface area contributed by atoms with E-state index in [1.54, 1.807) is 12.4 Å². The van der Waals surface area contributed by atoms with Crippen molar-refractivity contribution in [3.63, 3.8) is 0 Å². The fraction of sp³-hybridized carbons (Fsp3) is 0.571. The number of aromatic nitrogens is 2. The van der Waals surface area contributed by atoms with Gasteiger partial charge in [0, 0.05) is 73.0 Å². The van der Waals surface area contributed by atoms with E-state index in [1.807, 2.05) is 12.4 Å². The highest BCUT2D eigenvalue weighted by Crippen LogP contribution is 2.33. The molecule has 35 heavy (non-hydrogen) atoms. The molecule has 4 aliphatic rings. The van der Waals surface area contributed by atoms with Crippen molar-refractivity contribution in [2.45, 2.75) is 83.3 Å². The molecule has 1 aromatic heterocycles. The summed E-state index contributed by atoms with van der Waals surface area (Å²) in [6.07, 6.45) is 21.8. The fourth-order valence-electron chi connectivity index (χ4n) is 5.50. The number of allylic oxidation sites excluding steroid dienone is 3. The number of nitrogens with one attached hydrogen (secondary N) is 1. The minimum absolute atomic E-state index is 0.360. The zero-order valence-corrected chi connectivity index (χ0v) is 21.0. The van der Waals surface area contributed by atoms with Crippen LogP contribution in [0.5, 0.6) is 0 Å². The van der Waals surface area contributed by atoms with Gasteiger partial charge in [0.05, 0.1) is 0 Å². The van der Waals surface area contributed by atoms with Crippen LogP contribution in [0.2, 0.25) is 0 Å². The van der Waals surface area contributed by atoms with Gasteiger partial charge in [-0.3, -0.25) is 9.98 Å². The third-order valence-electron chi connectivity index (χ3n) is 7.64. The van der Waals surface area contributed by atoms with Gasteiger partial charge < -0.3 is 10.2 Å². The molecule has 2 aliphatic heterocycles. The predicted octanol–water partition coefficient (Wildman–Crippen LogP) is 6.11. The predicted molar refractivity (Wildman–Crippen MR) is 140 cm³/mol. The van der Waals surface area contributed by atoms with Crippen molar-refractivity contribution >= 4 is 17.4 Å². The molecule has 5 rings (SSSR count). The van der Waals surface area contributed by atoms with E-state index < -0.39 is 5.67 Å². The number of aliphatic imine (C=N–C) groups is 2. The molecule has 0 atom stereocenters. The third kappa shape index (κ3) is 6.06. The highest BCUT2D eigenvalue weighted by atomic mass is 19.1. The molecular weight excluding hydrogens is 439 g/mol. The number of rotatable bonds is 6. The second-order valence-electron chi connectivity index (χ2n) is 10.8. The first-order valence-electron chi connectivity index (χ1n) is 13.2. The first kappa shape index (κ1) is 23.9. The topological polar surface area (TPSA) is 65.8 Å². The lowest BCUT2D eigenvalue weighted by molar-refractivity contribution is 0.220. The summed E-state index contributed by atoms with van der Waals surface area (Å²) in [6, 6.07) is 0.360. The van der Waals surface area contributed by atoms with Crippen LogP contribution in [0.15, 0.2) is 58.2 Å². The minimum atomic E-state index is -1.42. The number of piperidine rings is 1. The standard InChI is InChI=1S/C28H37FN6/c1-28(2,29)22-18-32-27(33-19-22)34-23-8-6-20(7-9-23)14-21-15-25(35-12-4-3-5-13-35)16-24-17-26(21)31-11-10-30-24/h10-11,15-16,18-20,23H,3-9,12-14,17H2,1-2H3,(H,32,33,34)/t20-,23+. The molecule has 1 aromatic rings. The quantitative estimate of drug-likeness (QED) is 0.538. The maximum atomic E-state index is 14.1. The van der Waals surface area contributed by atoms with E-state index in [-0.39, 0.29) is 0 Å². The number of alkyl halides is 1. The lowest BCUT2D eigenvalue weighted by Gasteiger charge is -2.31. The number of anilines is 1. The Balaban J connectivity index is 1.22. The van der Waals surface area contributed by atoms with Crippen LogP contribution in [0.3, 0.4) is 0 Å². The Morgan fingerprint density at radius 1 is 0.971 bits per heavy atom. The van der Waals surface area contributed by atoms with Gasteiger partial charge in [0.1, 0.15) is 5.67 Å². The average molecular weight is 477 g/mol. The lowest BCUT2D eigenvalue weighted by atomic mass is 9.81. The molecule has 2 aliphatic carbocycles. The average Bonchev–Trinajstić information content (AvgIpc) is 3.19. The van der Waals surface area contributed by atoms with Gasteiger partial charge in [0.25, 0.3) is 0 Å². The van der Waals surface area contributed by atoms with Crippen LogP contribution in [0.25, 0.3) is 0 Å². The van der Waals surface area contributed by atoms with Gasteiger partial charge in [-0.05, 0) is 88.9 Å². The van der Waals surface area contributed by atoms with Crippen molar-refractivity contribution in [1.29, 1.82) is 0 Å². The number of hydrogen-bond acceptors (Lipinski definition) is 6. The molecular formula is C28H37FN6. The van der Waals surface area contributed by atoms with Crippen LogP contribution >= 0.6 is 0 Å². The van der Waals surface area contributed by atoms with Crippen LogP contribution in [0.1, 0.15) is 77.2 Å². The van der Waals surface area contributed by atoms with Crippen LogP contribution in [0.4, 0.5) is 10.3 Å². The number of halogens is 1. The number of likely N-dealkylation sites (tertiary alicyclic amines) is 1. The number of fused-ring (bicyclic) bond motifs is 2. The van der Waals surface area contributed by atoms with Gasteiger partial charge in [0.2, 0.25) is 5.95 Å². The Kier molecular flexibility index (Phi) is 7.12. The van der Waals surface area contributed by atoms with Crippen molar-refractivity contribution in [1.82, 2.24) is 14.9 Å². The van der Waals surface area contributed by atoms with Crippen LogP contribution < -0.4 is 5.32 Å². The van der Waals surface area contributed by atoms with Gasteiger partial charge in [-0.15, -0.1) is 0 Å². The first-order chi connectivity index (χ1) is 16.9. The van der Waals surface area contributed by atoms with Crippen molar-refractivity contribution < 1.29 is 4.39 Å². The van der Waals surface area contributed by atoms with Gasteiger partial charge in [-0.2, -0.15) is 0 Å². The Morgan fingerprint density at radius 3 is 2.40 bits per heavy atom. The van der Waals surface area contributed by atoms with Crippen molar-refractivity contribution in [2.24, 2.45) is 15.9 Å². The van der Waals surface area contributed by atoms with Gasteiger partial charge >= 0.3 is 0 Å². The van der Waals surface area contributed by atoms with Crippen LogP contribution in [-0.2, 0) is 5.67 Å². The second kappa shape index (κ2) is 10.4.